The topological polar surface area (TPSA) is 147 Å². The molecule has 148 valence electrons. The number of rotatable bonds is 7. The summed E-state index contributed by atoms with van der Waals surface area (Å²) < 4.78 is 36.1. The first-order valence-electron chi connectivity index (χ1n) is 7.96. The normalized spacial score (nSPS) is 15.0. The van der Waals surface area contributed by atoms with Gasteiger partial charge in [-0.05, 0) is 6.07 Å². The van der Waals surface area contributed by atoms with E-state index in [2.05, 4.69) is 16.9 Å². The maximum absolute atomic E-state index is 12.5. The molecular weight excluding hydrogens is 380 g/mol. The highest BCUT2D eigenvalue weighted by molar-refractivity contribution is 7.89. The van der Waals surface area contributed by atoms with Crippen LogP contribution >= 0.6 is 0 Å². The zero-order valence-corrected chi connectivity index (χ0v) is 15.2. The summed E-state index contributed by atoms with van der Waals surface area (Å²) in [6.07, 6.45) is 2.60. The Kier molecular flexibility index (Phi) is 7.10. The molecule has 0 radical (unpaired) electrons. The molecule has 1 aromatic heterocycles. The van der Waals surface area contributed by atoms with Crippen molar-refractivity contribution in [2.75, 3.05) is 39.5 Å². The first-order valence-corrected chi connectivity index (χ1v) is 9.40. The molecule has 1 aliphatic rings. The summed E-state index contributed by atoms with van der Waals surface area (Å²) in [5.74, 6) is -1.77. The van der Waals surface area contributed by atoms with Crippen LogP contribution in [0, 0.1) is 0 Å². The van der Waals surface area contributed by atoms with Gasteiger partial charge in [0.2, 0.25) is 10.0 Å². The van der Waals surface area contributed by atoms with Crippen LogP contribution in [0.2, 0.25) is 0 Å². The molecule has 11 nitrogen and oxygen atoms in total. The van der Waals surface area contributed by atoms with Gasteiger partial charge in [-0.3, -0.25) is 10.1 Å². The number of imide groups is 1. The molecule has 0 atom stereocenters. The summed E-state index contributed by atoms with van der Waals surface area (Å²) in [4.78, 5) is 37.2. The second-order valence-electron chi connectivity index (χ2n) is 5.39. The Morgan fingerprint density at radius 1 is 1.33 bits per heavy atom. The number of H-pyrrole nitrogens is 1. The zero-order chi connectivity index (χ0) is 19.9. The molecule has 3 amide bonds. The molecule has 0 aromatic carbocycles. The van der Waals surface area contributed by atoms with Crippen molar-refractivity contribution in [3.63, 3.8) is 0 Å². The van der Waals surface area contributed by atoms with Gasteiger partial charge in [0.05, 0.1) is 13.2 Å². The molecule has 27 heavy (non-hydrogen) atoms. The molecule has 1 saturated heterocycles. The predicted octanol–water partition coefficient (Wildman–Crippen LogP) is -0.796. The Bertz CT molecular complexity index is 812. The van der Waals surface area contributed by atoms with Gasteiger partial charge < -0.3 is 19.8 Å². The molecule has 0 aliphatic carbocycles. The lowest BCUT2D eigenvalue weighted by Gasteiger charge is -2.25. The maximum Gasteiger partial charge on any atom is 0.355 e. The van der Waals surface area contributed by atoms with Gasteiger partial charge in [0.15, 0.2) is 6.61 Å². The smallest absolute Gasteiger partial charge is 0.355 e. The third-order valence-corrected chi connectivity index (χ3v) is 5.35. The monoisotopic (exact) mass is 400 g/mol. The van der Waals surface area contributed by atoms with Crippen LogP contribution in [0.15, 0.2) is 29.8 Å². The van der Waals surface area contributed by atoms with Crippen LogP contribution in [0.25, 0.3) is 0 Å². The standard InChI is InChI=1S/C15H20N4O7S/c1-2-3-16-15(22)18-13(20)10-26-14(21)12-8-11(9-17-12)27(23,24)19-4-6-25-7-5-19/h2,8-9,17H,1,3-7,10H2,(H2,16,18,20,22). The lowest BCUT2D eigenvalue weighted by Crippen LogP contribution is -2.41. The average molecular weight is 400 g/mol. The van der Waals surface area contributed by atoms with E-state index in [1.54, 1.807) is 0 Å². The summed E-state index contributed by atoms with van der Waals surface area (Å²) in [7, 11) is -3.76. The van der Waals surface area contributed by atoms with Crippen molar-refractivity contribution in [2.24, 2.45) is 0 Å². The van der Waals surface area contributed by atoms with Crippen molar-refractivity contribution in [1.29, 1.82) is 0 Å². The van der Waals surface area contributed by atoms with Crippen molar-refractivity contribution in [2.45, 2.75) is 4.90 Å². The first-order chi connectivity index (χ1) is 12.8. The molecule has 2 heterocycles. The highest BCUT2D eigenvalue weighted by Crippen LogP contribution is 2.18. The molecule has 3 N–H and O–H groups in total. The number of hydrogen-bond acceptors (Lipinski definition) is 7. The van der Waals surface area contributed by atoms with Gasteiger partial charge in [-0.25, -0.2) is 18.0 Å². The summed E-state index contributed by atoms with van der Waals surface area (Å²) in [5, 5.41) is 4.27. The molecule has 2 rings (SSSR count). The largest absolute Gasteiger partial charge is 0.451 e. The van der Waals surface area contributed by atoms with Crippen LogP contribution in [-0.4, -0.2) is 75.1 Å². The molecule has 1 aliphatic heterocycles. The van der Waals surface area contributed by atoms with Crippen LogP contribution in [0.5, 0.6) is 0 Å². The Hall–Kier alpha value is -2.70. The number of aromatic nitrogens is 1. The lowest BCUT2D eigenvalue weighted by molar-refractivity contribution is -0.123. The number of urea groups is 1. The van der Waals surface area contributed by atoms with Gasteiger partial charge in [0.25, 0.3) is 5.91 Å². The summed E-state index contributed by atoms with van der Waals surface area (Å²) >= 11 is 0. The maximum atomic E-state index is 12.5. The number of amides is 3. The van der Waals surface area contributed by atoms with E-state index in [0.717, 1.165) is 6.07 Å². The SMILES string of the molecule is C=CCNC(=O)NC(=O)COC(=O)c1cc(S(=O)(=O)N2CCOCC2)c[nH]1. The molecule has 0 spiro atoms. The van der Waals surface area contributed by atoms with Gasteiger partial charge in [-0.2, -0.15) is 4.31 Å². The van der Waals surface area contributed by atoms with Crippen molar-refractivity contribution in [3.05, 3.63) is 30.6 Å². The molecule has 0 saturated carbocycles. The highest BCUT2D eigenvalue weighted by atomic mass is 32.2. The van der Waals surface area contributed by atoms with Crippen molar-refractivity contribution in [3.8, 4) is 0 Å². The quantitative estimate of drug-likeness (QED) is 0.401. The number of nitrogens with one attached hydrogen (secondary N) is 3. The molecule has 0 bridgehead atoms. The van der Waals surface area contributed by atoms with Crippen LogP contribution in [0.3, 0.4) is 0 Å². The van der Waals surface area contributed by atoms with Gasteiger partial charge in [-0.15, -0.1) is 6.58 Å². The molecule has 12 heteroatoms. The van der Waals surface area contributed by atoms with Crippen LogP contribution in [0.4, 0.5) is 4.79 Å². The van der Waals surface area contributed by atoms with Gasteiger partial charge in [-0.1, -0.05) is 6.08 Å². The van der Waals surface area contributed by atoms with Gasteiger partial charge in [0.1, 0.15) is 10.6 Å². The van der Waals surface area contributed by atoms with Crippen molar-refractivity contribution >= 4 is 27.9 Å². The predicted molar refractivity (Wildman–Crippen MR) is 92.4 cm³/mol. The Balaban J connectivity index is 1.90. The fraction of sp³-hybridized carbons (Fsp3) is 0.400. The van der Waals surface area contributed by atoms with E-state index in [1.807, 2.05) is 5.32 Å². The van der Waals surface area contributed by atoms with E-state index in [0.29, 0.717) is 13.2 Å². The number of esters is 1. The number of morpholine rings is 1. The average Bonchev–Trinajstić information content (AvgIpc) is 3.16. The van der Waals surface area contributed by atoms with Crippen LogP contribution in [-0.2, 0) is 24.3 Å². The van der Waals surface area contributed by atoms with E-state index in [1.165, 1.54) is 16.6 Å². The van der Waals surface area contributed by atoms with Crippen LogP contribution in [0.1, 0.15) is 10.5 Å². The minimum atomic E-state index is -3.76. The van der Waals surface area contributed by atoms with E-state index < -0.39 is 34.5 Å². The second kappa shape index (κ2) is 9.30. The number of nitrogens with zero attached hydrogens (tertiary/aromatic N) is 1. The van der Waals surface area contributed by atoms with Crippen molar-refractivity contribution in [1.82, 2.24) is 19.9 Å². The zero-order valence-electron chi connectivity index (χ0n) is 14.4. The first kappa shape index (κ1) is 20.6. The van der Waals surface area contributed by atoms with Gasteiger partial charge >= 0.3 is 12.0 Å². The fourth-order valence-corrected chi connectivity index (χ4v) is 3.56. The number of carbonyl (C=O) groups is 3. The number of sulfonamides is 1. The molecular formula is C15H20N4O7S. The van der Waals surface area contributed by atoms with Crippen molar-refractivity contribution < 1.29 is 32.3 Å². The summed E-state index contributed by atoms with van der Waals surface area (Å²) in [6.45, 7) is 3.91. The fourth-order valence-electron chi connectivity index (χ4n) is 2.16. The highest BCUT2D eigenvalue weighted by Gasteiger charge is 2.28. The lowest BCUT2D eigenvalue weighted by atomic mass is 10.4. The minimum absolute atomic E-state index is 0.0930. The third kappa shape index (κ3) is 5.64. The number of hydrogen-bond donors (Lipinski definition) is 3. The Morgan fingerprint density at radius 2 is 2.04 bits per heavy atom. The molecule has 1 fully saturated rings. The molecule has 1 aromatic rings. The van der Waals surface area contributed by atoms with Gasteiger partial charge in [0, 0.05) is 25.8 Å². The third-order valence-electron chi connectivity index (χ3n) is 3.48. The van der Waals surface area contributed by atoms with E-state index in [4.69, 9.17) is 9.47 Å². The Labute approximate surface area is 155 Å². The Morgan fingerprint density at radius 3 is 2.70 bits per heavy atom. The second-order valence-corrected chi connectivity index (χ2v) is 7.33. The number of carbonyl (C=O) groups excluding carboxylic acids is 3. The summed E-state index contributed by atoms with van der Waals surface area (Å²) in [5.41, 5.74) is -0.134. The van der Waals surface area contributed by atoms with E-state index in [-0.39, 0.29) is 30.2 Å². The van der Waals surface area contributed by atoms with E-state index in [9.17, 15) is 22.8 Å². The summed E-state index contributed by atoms with van der Waals surface area (Å²) in [6, 6.07) is 0.372. The minimum Gasteiger partial charge on any atom is -0.451 e. The van der Waals surface area contributed by atoms with Crippen LogP contribution < -0.4 is 10.6 Å². The number of aromatic amines is 1. The van der Waals surface area contributed by atoms with E-state index >= 15 is 0 Å². The molecule has 0 unspecified atom stereocenters. The number of ether oxygens (including phenoxy) is 2.